The minimum absolute atomic E-state index is 0.0352. The van der Waals surface area contributed by atoms with Crippen molar-refractivity contribution in [3.8, 4) is 6.07 Å². The molecule has 1 saturated heterocycles. The number of rotatable bonds is 5. The molecule has 1 aromatic carbocycles. The van der Waals surface area contributed by atoms with Crippen LogP contribution in [0.1, 0.15) is 31.2 Å². The van der Waals surface area contributed by atoms with Crippen LogP contribution in [0.4, 0.5) is 0 Å². The van der Waals surface area contributed by atoms with Gasteiger partial charge in [0.1, 0.15) is 0 Å². The minimum atomic E-state index is -3.88. The lowest BCUT2D eigenvalue weighted by atomic mass is 10.1. The lowest BCUT2D eigenvalue weighted by Gasteiger charge is -2.10. The van der Waals surface area contributed by atoms with Crippen LogP contribution in [0.15, 0.2) is 29.2 Å². The van der Waals surface area contributed by atoms with E-state index in [1.165, 1.54) is 24.3 Å². The quantitative estimate of drug-likeness (QED) is 0.885. The van der Waals surface area contributed by atoms with Crippen LogP contribution in [-0.2, 0) is 19.6 Å². The molecule has 0 spiro atoms. The lowest BCUT2D eigenvalue weighted by molar-refractivity contribution is -0.119. The van der Waals surface area contributed by atoms with E-state index in [2.05, 4.69) is 0 Å². The molecule has 1 aromatic rings. The van der Waals surface area contributed by atoms with E-state index >= 15 is 0 Å². The Bertz CT molecular complexity index is 641. The summed E-state index contributed by atoms with van der Waals surface area (Å²) >= 11 is 0. The molecule has 1 heterocycles. The molecule has 1 fully saturated rings. The molecule has 0 bridgehead atoms. The normalized spacial score (nSPS) is 18.1. The van der Waals surface area contributed by atoms with Crippen LogP contribution in [-0.4, -0.2) is 27.0 Å². The Morgan fingerprint density at radius 1 is 1.38 bits per heavy atom. The topological polar surface area (TPSA) is 96.3 Å². The molecule has 1 aliphatic heterocycles. The lowest BCUT2D eigenvalue weighted by Crippen LogP contribution is -2.31. The fourth-order valence-electron chi connectivity index (χ4n) is 2.13. The Hall–Kier alpha value is -1.91. The molecular weight excluding hydrogens is 292 g/mol. The van der Waals surface area contributed by atoms with E-state index in [1.54, 1.807) is 0 Å². The first-order chi connectivity index (χ1) is 10.0. The molecule has 6 nitrogen and oxygen atoms in total. The van der Waals surface area contributed by atoms with E-state index in [9.17, 15) is 13.2 Å². The number of nitrogens with zero attached hydrogens (tertiary/aromatic N) is 1. The Labute approximate surface area is 123 Å². The van der Waals surface area contributed by atoms with E-state index in [-0.39, 0.29) is 17.4 Å². The summed E-state index contributed by atoms with van der Waals surface area (Å²) in [5.41, 5.74) is 0.360. The predicted molar refractivity (Wildman–Crippen MR) is 74.7 cm³/mol. The SMILES string of the molecule is N#Cc1ccc(S(=O)(=O)NC(=O)CC[C@H]2CCCO2)cc1. The van der Waals surface area contributed by atoms with E-state index < -0.39 is 15.9 Å². The van der Waals surface area contributed by atoms with Gasteiger partial charge in [0.2, 0.25) is 5.91 Å². The highest BCUT2D eigenvalue weighted by Gasteiger charge is 2.20. The molecule has 0 aromatic heterocycles. The van der Waals surface area contributed by atoms with Gasteiger partial charge in [0.05, 0.1) is 22.6 Å². The van der Waals surface area contributed by atoms with Crippen LogP contribution in [0.5, 0.6) is 0 Å². The molecule has 0 radical (unpaired) electrons. The highest BCUT2D eigenvalue weighted by molar-refractivity contribution is 7.90. The highest BCUT2D eigenvalue weighted by Crippen LogP contribution is 2.17. The summed E-state index contributed by atoms with van der Waals surface area (Å²) in [5.74, 6) is -0.546. The summed E-state index contributed by atoms with van der Waals surface area (Å²) in [5, 5.41) is 8.67. The standard InChI is InChI=1S/C14H16N2O4S/c15-10-11-3-6-13(7-4-11)21(18,19)16-14(17)8-5-12-2-1-9-20-12/h3-4,6-7,12H,1-2,5,8-9H2,(H,16,17)/t12-/m1/s1. The number of hydrogen-bond acceptors (Lipinski definition) is 5. The van der Waals surface area contributed by atoms with Crippen molar-refractivity contribution in [1.29, 1.82) is 5.26 Å². The Morgan fingerprint density at radius 2 is 2.10 bits per heavy atom. The van der Waals surface area contributed by atoms with Gasteiger partial charge in [-0.1, -0.05) is 0 Å². The molecule has 2 rings (SSSR count). The maximum atomic E-state index is 12.0. The number of carbonyl (C=O) groups is 1. The van der Waals surface area contributed by atoms with Crippen LogP contribution in [0.2, 0.25) is 0 Å². The Kier molecular flexibility index (Phi) is 4.94. The monoisotopic (exact) mass is 308 g/mol. The van der Waals surface area contributed by atoms with Crippen LogP contribution < -0.4 is 4.72 Å². The van der Waals surface area contributed by atoms with Crippen molar-refractivity contribution in [2.24, 2.45) is 0 Å². The van der Waals surface area contributed by atoms with Gasteiger partial charge in [0.15, 0.2) is 0 Å². The number of nitriles is 1. The summed E-state index contributed by atoms with van der Waals surface area (Å²) in [6, 6.07) is 7.29. The molecule has 1 aliphatic rings. The molecule has 7 heteroatoms. The zero-order valence-corrected chi connectivity index (χ0v) is 12.2. The molecule has 1 atom stereocenters. The van der Waals surface area contributed by atoms with Crippen molar-refractivity contribution in [3.05, 3.63) is 29.8 Å². The van der Waals surface area contributed by atoms with E-state index in [1.807, 2.05) is 10.8 Å². The number of nitrogens with one attached hydrogen (secondary N) is 1. The summed E-state index contributed by atoms with van der Waals surface area (Å²) in [6.45, 7) is 0.704. The minimum Gasteiger partial charge on any atom is -0.378 e. The predicted octanol–water partition coefficient (Wildman–Crippen LogP) is 1.32. The number of benzene rings is 1. The van der Waals surface area contributed by atoms with E-state index in [4.69, 9.17) is 10.00 Å². The third-order valence-electron chi connectivity index (χ3n) is 3.26. The molecule has 112 valence electrons. The van der Waals surface area contributed by atoms with Crippen molar-refractivity contribution in [1.82, 2.24) is 4.72 Å². The van der Waals surface area contributed by atoms with Crippen LogP contribution in [0.25, 0.3) is 0 Å². The van der Waals surface area contributed by atoms with E-state index in [0.29, 0.717) is 18.6 Å². The van der Waals surface area contributed by atoms with E-state index in [0.717, 1.165) is 12.8 Å². The fourth-order valence-corrected chi connectivity index (χ4v) is 3.15. The van der Waals surface area contributed by atoms with Crippen molar-refractivity contribution >= 4 is 15.9 Å². The van der Waals surface area contributed by atoms with Gasteiger partial charge in [-0.15, -0.1) is 0 Å². The Morgan fingerprint density at radius 3 is 2.67 bits per heavy atom. The summed E-state index contributed by atoms with van der Waals surface area (Å²) in [4.78, 5) is 11.7. The molecule has 1 N–H and O–H groups in total. The summed E-state index contributed by atoms with van der Waals surface area (Å²) < 4.78 is 31.4. The van der Waals surface area contributed by atoms with Crippen LogP contribution in [0.3, 0.4) is 0 Å². The van der Waals surface area contributed by atoms with Crippen LogP contribution in [0, 0.1) is 11.3 Å². The number of ether oxygens (including phenoxy) is 1. The van der Waals surface area contributed by atoms with Gasteiger partial charge in [0, 0.05) is 13.0 Å². The molecule has 1 amide bonds. The van der Waals surface area contributed by atoms with Crippen molar-refractivity contribution < 1.29 is 17.9 Å². The fraction of sp³-hybridized carbons (Fsp3) is 0.429. The average molecular weight is 308 g/mol. The first kappa shape index (κ1) is 15.5. The first-order valence-electron chi connectivity index (χ1n) is 6.69. The molecule has 0 aliphatic carbocycles. The smallest absolute Gasteiger partial charge is 0.264 e. The molecule has 0 unspecified atom stereocenters. The van der Waals surface area contributed by atoms with Crippen LogP contribution >= 0.6 is 0 Å². The molecular formula is C14H16N2O4S. The number of sulfonamides is 1. The average Bonchev–Trinajstić information content (AvgIpc) is 2.98. The zero-order valence-electron chi connectivity index (χ0n) is 11.4. The summed E-state index contributed by atoms with van der Waals surface area (Å²) in [7, 11) is -3.88. The maximum Gasteiger partial charge on any atom is 0.264 e. The zero-order chi connectivity index (χ0) is 15.3. The second kappa shape index (κ2) is 6.70. The first-order valence-corrected chi connectivity index (χ1v) is 8.17. The van der Waals surface area contributed by atoms with Gasteiger partial charge in [-0.3, -0.25) is 4.79 Å². The number of amides is 1. The molecule has 21 heavy (non-hydrogen) atoms. The van der Waals surface area contributed by atoms with Crippen molar-refractivity contribution in [3.63, 3.8) is 0 Å². The van der Waals surface area contributed by atoms with Gasteiger partial charge in [-0.25, -0.2) is 13.1 Å². The van der Waals surface area contributed by atoms with Gasteiger partial charge in [0.25, 0.3) is 10.0 Å². The number of carbonyl (C=O) groups excluding carboxylic acids is 1. The number of hydrogen-bond donors (Lipinski definition) is 1. The second-order valence-electron chi connectivity index (χ2n) is 4.84. The highest BCUT2D eigenvalue weighted by atomic mass is 32.2. The Balaban J connectivity index is 1.92. The largest absolute Gasteiger partial charge is 0.378 e. The van der Waals surface area contributed by atoms with Crippen molar-refractivity contribution in [2.45, 2.75) is 36.7 Å². The second-order valence-corrected chi connectivity index (χ2v) is 6.52. The van der Waals surface area contributed by atoms with Gasteiger partial charge in [-0.2, -0.15) is 5.26 Å². The van der Waals surface area contributed by atoms with Crippen molar-refractivity contribution in [2.75, 3.05) is 6.61 Å². The molecule has 0 saturated carbocycles. The van der Waals surface area contributed by atoms with Gasteiger partial charge in [-0.05, 0) is 43.5 Å². The maximum absolute atomic E-state index is 12.0. The third kappa shape index (κ3) is 4.28. The third-order valence-corrected chi connectivity index (χ3v) is 4.65. The van der Waals surface area contributed by atoms with Gasteiger partial charge >= 0.3 is 0 Å². The van der Waals surface area contributed by atoms with Gasteiger partial charge < -0.3 is 4.74 Å². The summed E-state index contributed by atoms with van der Waals surface area (Å²) in [6.07, 6.45) is 2.58.